The first kappa shape index (κ1) is 23.0. The summed E-state index contributed by atoms with van der Waals surface area (Å²) in [5, 5.41) is 11.2. The van der Waals surface area contributed by atoms with Crippen LogP contribution >= 0.6 is 23.1 Å². The zero-order valence-corrected chi connectivity index (χ0v) is 19.6. The Labute approximate surface area is 189 Å². The highest BCUT2D eigenvalue weighted by molar-refractivity contribution is 8.00. The first-order valence-corrected chi connectivity index (χ1v) is 12.9. The number of nitrogens with zero attached hydrogens (tertiary/aromatic N) is 3. The van der Waals surface area contributed by atoms with Gasteiger partial charge in [-0.15, -0.1) is 10.2 Å². The molecule has 0 spiro atoms. The second-order valence-corrected chi connectivity index (χ2v) is 10.8. The molecule has 3 rings (SSSR count). The van der Waals surface area contributed by atoms with Crippen molar-refractivity contribution in [2.24, 2.45) is 0 Å². The fourth-order valence-electron chi connectivity index (χ4n) is 2.43. The lowest BCUT2D eigenvalue weighted by Crippen LogP contribution is -2.30. The van der Waals surface area contributed by atoms with E-state index in [0.29, 0.717) is 16.6 Å². The molecule has 0 saturated carbocycles. The topological polar surface area (TPSA) is 101 Å². The van der Waals surface area contributed by atoms with Crippen LogP contribution in [0, 0.1) is 0 Å². The highest BCUT2D eigenvalue weighted by Gasteiger charge is 2.18. The van der Waals surface area contributed by atoms with Crippen molar-refractivity contribution >= 4 is 49.8 Å². The molecule has 8 nitrogen and oxygen atoms in total. The Kier molecular flexibility index (Phi) is 7.52. The number of hydrogen-bond acceptors (Lipinski definition) is 8. The first-order chi connectivity index (χ1) is 14.7. The number of sulfonamides is 1. The number of carbonyl (C=O) groups excluding carboxylic acids is 1. The van der Waals surface area contributed by atoms with E-state index in [0.717, 1.165) is 20.7 Å². The van der Waals surface area contributed by atoms with Crippen LogP contribution < -0.4 is 14.4 Å². The maximum Gasteiger partial charge on any atom is 0.266 e. The lowest BCUT2D eigenvalue weighted by molar-refractivity contribution is -0.122. The molecule has 0 fully saturated rings. The van der Waals surface area contributed by atoms with E-state index in [1.54, 1.807) is 43.0 Å². The number of rotatable bonds is 9. The fraction of sp³-hybridized carbons (Fsp3) is 0.250. The number of anilines is 2. The van der Waals surface area contributed by atoms with E-state index >= 15 is 0 Å². The van der Waals surface area contributed by atoms with Gasteiger partial charge in [-0.2, -0.15) is 0 Å². The van der Waals surface area contributed by atoms with Gasteiger partial charge in [0, 0.05) is 12.8 Å². The van der Waals surface area contributed by atoms with E-state index in [2.05, 4.69) is 15.5 Å². The molecule has 0 bridgehead atoms. The lowest BCUT2D eigenvalue weighted by Gasteiger charge is -2.18. The van der Waals surface area contributed by atoms with Crippen molar-refractivity contribution in [2.75, 3.05) is 22.9 Å². The van der Waals surface area contributed by atoms with Crippen molar-refractivity contribution in [3.8, 4) is 5.75 Å². The molecule has 0 aliphatic heterocycles. The van der Waals surface area contributed by atoms with Gasteiger partial charge in [0.05, 0.1) is 11.9 Å². The third kappa shape index (κ3) is 6.68. The van der Waals surface area contributed by atoms with Gasteiger partial charge in [0.25, 0.3) is 5.91 Å². The summed E-state index contributed by atoms with van der Waals surface area (Å²) in [7, 11) is -1.88. The molecular formula is C20H22N4O4S3. The average Bonchev–Trinajstić information content (AvgIpc) is 3.19. The quantitative estimate of drug-likeness (QED) is 0.370. The SMILES string of the molecule is C[C@H](Oc1ccc(N(C)S(C)(=O)=O)cc1)C(=O)Nc1nnc(SCc2ccccc2)s1. The maximum atomic E-state index is 12.4. The summed E-state index contributed by atoms with van der Waals surface area (Å²) < 4.78 is 30.8. The number of carbonyl (C=O) groups is 1. The van der Waals surface area contributed by atoms with Crippen molar-refractivity contribution in [1.29, 1.82) is 0 Å². The Morgan fingerprint density at radius 3 is 2.48 bits per heavy atom. The van der Waals surface area contributed by atoms with Crippen molar-refractivity contribution < 1.29 is 17.9 Å². The van der Waals surface area contributed by atoms with Crippen LogP contribution in [0.2, 0.25) is 0 Å². The number of amides is 1. The average molecular weight is 479 g/mol. The summed E-state index contributed by atoms with van der Waals surface area (Å²) in [5.41, 5.74) is 1.69. The summed E-state index contributed by atoms with van der Waals surface area (Å²) in [5.74, 6) is 0.866. The minimum absolute atomic E-state index is 0.354. The Balaban J connectivity index is 1.52. The zero-order valence-electron chi connectivity index (χ0n) is 17.2. The fourth-order valence-corrected chi connectivity index (χ4v) is 4.64. The molecule has 0 aliphatic carbocycles. The van der Waals surface area contributed by atoms with Crippen LogP contribution in [0.4, 0.5) is 10.8 Å². The monoisotopic (exact) mass is 478 g/mol. The van der Waals surface area contributed by atoms with Gasteiger partial charge in [-0.1, -0.05) is 53.4 Å². The lowest BCUT2D eigenvalue weighted by atomic mass is 10.2. The number of ether oxygens (including phenoxy) is 1. The second kappa shape index (κ2) is 10.1. The van der Waals surface area contributed by atoms with Crippen LogP contribution in [-0.4, -0.2) is 43.9 Å². The smallest absolute Gasteiger partial charge is 0.266 e. The van der Waals surface area contributed by atoms with Crippen LogP contribution in [-0.2, 0) is 20.6 Å². The van der Waals surface area contributed by atoms with Gasteiger partial charge in [0.15, 0.2) is 10.4 Å². The standard InChI is InChI=1S/C20H22N4O4S3/c1-14(28-17-11-9-16(10-12-17)24(2)31(3,26)27)18(25)21-19-22-23-20(30-19)29-13-15-7-5-4-6-8-15/h4-12,14H,13H2,1-3H3,(H,21,22,25)/t14-/m0/s1. The van der Waals surface area contributed by atoms with Gasteiger partial charge >= 0.3 is 0 Å². The van der Waals surface area contributed by atoms with Gasteiger partial charge in [0.1, 0.15) is 5.75 Å². The van der Waals surface area contributed by atoms with Gasteiger partial charge in [-0.05, 0) is 36.8 Å². The molecule has 0 aliphatic rings. The van der Waals surface area contributed by atoms with Crippen molar-refractivity contribution in [3.63, 3.8) is 0 Å². The Bertz CT molecular complexity index is 1120. The summed E-state index contributed by atoms with van der Waals surface area (Å²) in [6, 6.07) is 16.5. The zero-order chi connectivity index (χ0) is 22.4. The summed E-state index contributed by atoms with van der Waals surface area (Å²) in [6.45, 7) is 1.62. The maximum absolute atomic E-state index is 12.4. The van der Waals surface area contributed by atoms with Gasteiger partial charge in [-0.3, -0.25) is 14.4 Å². The van der Waals surface area contributed by atoms with Crippen LogP contribution in [0.15, 0.2) is 58.9 Å². The Morgan fingerprint density at radius 1 is 1.16 bits per heavy atom. The molecule has 1 atom stereocenters. The molecule has 1 heterocycles. The predicted molar refractivity (Wildman–Crippen MR) is 124 cm³/mol. The molecule has 2 aromatic carbocycles. The molecule has 0 radical (unpaired) electrons. The number of nitrogens with one attached hydrogen (secondary N) is 1. The number of thioether (sulfide) groups is 1. The Hall–Kier alpha value is -2.63. The van der Waals surface area contributed by atoms with Crippen molar-refractivity contribution in [1.82, 2.24) is 10.2 Å². The first-order valence-electron chi connectivity index (χ1n) is 9.24. The van der Waals surface area contributed by atoms with Crippen LogP contribution in [0.25, 0.3) is 0 Å². The van der Waals surface area contributed by atoms with E-state index < -0.39 is 16.1 Å². The van der Waals surface area contributed by atoms with E-state index in [4.69, 9.17) is 4.74 Å². The van der Waals surface area contributed by atoms with Gasteiger partial charge in [0.2, 0.25) is 15.2 Å². The minimum atomic E-state index is -3.34. The summed E-state index contributed by atoms with van der Waals surface area (Å²) in [4.78, 5) is 12.4. The van der Waals surface area contributed by atoms with Gasteiger partial charge < -0.3 is 4.74 Å². The molecule has 1 N–H and O–H groups in total. The summed E-state index contributed by atoms with van der Waals surface area (Å²) >= 11 is 2.86. The predicted octanol–water partition coefficient (Wildman–Crippen LogP) is 3.63. The van der Waals surface area contributed by atoms with E-state index in [1.807, 2.05) is 30.3 Å². The van der Waals surface area contributed by atoms with Crippen molar-refractivity contribution in [3.05, 3.63) is 60.2 Å². The van der Waals surface area contributed by atoms with E-state index in [-0.39, 0.29) is 5.91 Å². The molecule has 1 aromatic heterocycles. The molecule has 164 valence electrons. The molecule has 0 unspecified atom stereocenters. The van der Waals surface area contributed by atoms with Crippen LogP contribution in [0.5, 0.6) is 5.75 Å². The Morgan fingerprint density at radius 2 is 1.84 bits per heavy atom. The van der Waals surface area contributed by atoms with Gasteiger partial charge in [-0.25, -0.2) is 8.42 Å². The number of aromatic nitrogens is 2. The molecule has 1 amide bonds. The number of hydrogen-bond donors (Lipinski definition) is 1. The van der Waals surface area contributed by atoms with E-state index in [1.165, 1.54) is 23.9 Å². The number of benzene rings is 2. The molecule has 11 heteroatoms. The van der Waals surface area contributed by atoms with Crippen LogP contribution in [0.1, 0.15) is 12.5 Å². The van der Waals surface area contributed by atoms with Crippen molar-refractivity contribution in [2.45, 2.75) is 23.1 Å². The molecule has 31 heavy (non-hydrogen) atoms. The minimum Gasteiger partial charge on any atom is -0.481 e. The summed E-state index contributed by atoms with van der Waals surface area (Å²) in [6.07, 6.45) is 0.353. The molecule has 3 aromatic rings. The third-order valence-corrected chi connectivity index (χ3v) is 7.47. The van der Waals surface area contributed by atoms with Crippen LogP contribution in [0.3, 0.4) is 0 Å². The normalized spacial score (nSPS) is 12.2. The molecular weight excluding hydrogens is 456 g/mol. The largest absolute Gasteiger partial charge is 0.481 e. The highest BCUT2D eigenvalue weighted by atomic mass is 32.2. The third-order valence-electron chi connectivity index (χ3n) is 4.22. The highest BCUT2D eigenvalue weighted by Crippen LogP contribution is 2.28. The van der Waals surface area contributed by atoms with E-state index in [9.17, 15) is 13.2 Å². The second-order valence-electron chi connectivity index (χ2n) is 6.62. The molecule has 0 saturated heterocycles.